The van der Waals surface area contributed by atoms with Crippen LogP contribution in [0.4, 0.5) is 14.4 Å². The minimum Gasteiger partial charge on any atom is -0.450 e. The summed E-state index contributed by atoms with van der Waals surface area (Å²) in [5, 5.41) is 35.5. The van der Waals surface area contributed by atoms with E-state index in [-0.39, 0.29) is 24.7 Å². The number of aliphatic hydroxyl groups is 3. The molecule has 0 aliphatic heterocycles. The molecule has 11 nitrogen and oxygen atoms in total. The van der Waals surface area contributed by atoms with Gasteiger partial charge in [-0.25, -0.2) is 14.4 Å². The minimum absolute atomic E-state index is 0.262. The van der Waals surface area contributed by atoms with Crippen molar-refractivity contribution in [1.82, 2.24) is 5.32 Å². The van der Waals surface area contributed by atoms with Gasteiger partial charge in [-0.2, -0.15) is 0 Å². The average Bonchev–Trinajstić information content (AvgIpc) is 2.90. The van der Waals surface area contributed by atoms with E-state index in [1.165, 1.54) is 0 Å². The van der Waals surface area contributed by atoms with Crippen LogP contribution < -0.4 is 5.32 Å². The van der Waals surface area contributed by atoms with Crippen LogP contribution >= 0.6 is 11.8 Å². The summed E-state index contributed by atoms with van der Waals surface area (Å²) >= 11 is 1.08. The van der Waals surface area contributed by atoms with Crippen molar-refractivity contribution < 1.29 is 48.7 Å². The number of alkyl carbamates (subject to hydrolysis) is 1. The Morgan fingerprint density at radius 2 is 1.31 bits per heavy atom. The fourth-order valence-corrected chi connectivity index (χ4v) is 7.46. The Morgan fingerprint density at radius 1 is 0.725 bits per heavy atom. The van der Waals surface area contributed by atoms with Gasteiger partial charge in [0.15, 0.2) is 0 Å². The lowest BCUT2D eigenvalue weighted by atomic mass is 9.75. The number of hydrogen-bond acceptors (Lipinski definition) is 11. The first-order valence-electron chi connectivity index (χ1n) is 18.5. The molecule has 0 radical (unpaired) electrons. The lowest BCUT2D eigenvalue weighted by Gasteiger charge is -2.37. The van der Waals surface area contributed by atoms with Crippen molar-refractivity contribution >= 4 is 29.3 Å². The number of rotatable bonds is 5. The molecule has 1 amide bonds. The highest BCUT2D eigenvalue weighted by molar-refractivity contribution is 8.14. The van der Waals surface area contributed by atoms with Crippen molar-refractivity contribution in [3.05, 3.63) is 35.5 Å². The predicted octanol–water partition coefficient (Wildman–Crippen LogP) is 7.90. The molecule has 0 aromatic carbocycles. The van der Waals surface area contributed by atoms with Gasteiger partial charge in [-0.15, -0.1) is 0 Å². The van der Waals surface area contributed by atoms with Gasteiger partial charge >= 0.3 is 17.5 Å². The number of nitrogens with one attached hydrogen (secondary N) is 1. The fraction of sp³-hybridized carbons (Fsp3) is 0.769. The fourth-order valence-electron chi connectivity index (χ4n) is 6.80. The maximum atomic E-state index is 13.5. The molecule has 0 aromatic heterocycles. The largest absolute Gasteiger partial charge is 0.509 e. The Labute approximate surface area is 309 Å². The molecule has 0 saturated carbocycles. The topological polar surface area (TPSA) is 161 Å². The highest BCUT2D eigenvalue weighted by Crippen LogP contribution is 2.41. The van der Waals surface area contributed by atoms with Crippen LogP contribution in [0.1, 0.15) is 127 Å². The molecule has 0 heterocycles. The summed E-state index contributed by atoms with van der Waals surface area (Å²) in [6.07, 6.45) is 5.88. The van der Waals surface area contributed by atoms with E-state index in [4.69, 9.17) is 18.9 Å². The number of carbonyl (C=O) groups is 3. The van der Waals surface area contributed by atoms with Crippen LogP contribution in [0.15, 0.2) is 35.5 Å². The van der Waals surface area contributed by atoms with E-state index >= 15 is 0 Å². The molecular formula is C39H63NO10S. The van der Waals surface area contributed by atoms with E-state index in [9.17, 15) is 29.7 Å². The SMILES string of the molecule is CC(C)(C)NC(=O)OC1CCCC(O)CC=C1C1CC(O)C/C=C(\C2CC(O)C/C=C/C(OC(=O)OC(C)(C)C)C2)C(OC(=O)SC(C)(C)C)C1. The van der Waals surface area contributed by atoms with E-state index in [0.29, 0.717) is 51.4 Å². The van der Waals surface area contributed by atoms with Crippen molar-refractivity contribution in [3.63, 3.8) is 0 Å². The second-order valence-corrected chi connectivity index (χ2v) is 19.0. The average molecular weight is 738 g/mol. The first-order valence-corrected chi connectivity index (χ1v) is 19.3. The number of ether oxygens (including phenoxy) is 4. The molecular weight excluding hydrogens is 674 g/mol. The van der Waals surface area contributed by atoms with E-state index in [1.54, 1.807) is 32.9 Å². The molecule has 3 aliphatic rings. The molecule has 0 aromatic rings. The molecule has 0 bridgehead atoms. The Morgan fingerprint density at radius 3 is 1.92 bits per heavy atom. The van der Waals surface area contributed by atoms with E-state index in [2.05, 4.69) is 5.32 Å². The zero-order valence-corrected chi connectivity index (χ0v) is 32.9. The van der Waals surface area contributed by atoms with Crippen LogP contribution in [0.2, 0.25) is 0 Å². The highest BCUT2D eigenvalue weighted by Gasteiger charge is 2.38. The van der Waals surface area contributed by atoms with Crippen molar-refractivity contribution in [1.29, 1.82) is 0 Å². The number of aliphatic hydroxyl groups excluding tert-OH is 3. The normalized spacial score (nSPS) is 31.7. The quantitative estimate of drug-likeness (QED) is 0.123. The molecule has 3 aliphatic carbocycles. The molecule has 0 saturated heterocycles. The minimum atomic E-state index is -0.802. The van der Waals surface area contributed by atoms with Gasteiger partial charge in [0, 0.05) is 10.3 Å². The Bertz CT molecular complexity index is 1270. The summed E-state index contributed by atoms with van der Waals surface area (Å²) in [6, 6.07) is 0. The number of amides is 1. The molecule has 0 fully saturated rings. The zero-order chi connectivity index (χ0) is 38.1. The molecule has 0 spiro atoms. The second kappa shape index (κ2) is 18.5. The Kier molecular flexibility index (Phi) is 15.5. The third-order valence-corrected chi connectivity index (χ3v) is 9.70. The van der Waals surface area contributed by atoms with Gasteiger partial charge in [0.1, 0.15) is 23.9 Å². The third kappa shape index (κ3) is 15.9. The van der Waals surface area contributed by atoms with Gasteiger partial charge in [-0.3, -0.25) is 0 Å². The van der Waals surface area contributed by atoms with Crippen molar-refractivity contribution in [2.24, 2.45) is 11.8 Å². The number of carbonyl (C=O) groups excluding carboxylic acids is 3. The molecule has 8 atom stereocenters. The standard InChI is InChI=1S/C39H63NO10S/c1-37(2,3)40-34(44)48-32-15-11-12-26(41)16-18-30(32)25-21-28(43)17-19-31(33(23-25)49-36(46)51-39(7,8)9)24-20-27(42)13-10-14-29(22-24)47-35(45)50-38(4,5)6/h10,14,18-19,24-29,32-33,41-43H,11-13,15-17,20-23H2,1-9H3,(H,40,44)/b14-10+,30-18?,31-19+. The summed E-state index contributed by atoms with van der Waals surface area (Å²) < 4.78 is 23.1. The van der Waals surface area contributed by atoms with Gasteiger partial charge in [0.25, 0.3) is 0 Å². The van der Waals surface area contributed by atoms with Crippen LogP contribution in [0.25, 0.3) is 0 Å². The smallest absolute Gasteiger partial charge is 0.450 e. The first-order chi connectivity index (χ1) is 23.6. The van der Waals surface area contributed by atoms with Crippen molar-refractivity contribution in [3.8, 4) is 0 Å². The van der Waals surface area contributed by atoms with Gasteiger partial charge in [-0.05, 0) is 147 Å². The van der Waals surface area contributed by atoms with Crippen LogP contribution in [0, 0.1) is 11.8 Å². The van der Waals surface area contributed by atoms with E-state index in [1.807, 2.05) is 53.7 Å². The first kappa shape index (κ1) is 42.9. The monoisotopic (exact) mass is 737 g/mol. The lowest BCUT2D eigenvalue weighted by Crippen LogP contribution is -2.43. The van der Waals surface area contributed by atoms with Crippen molar-refractivity contribution in [2.45, 2.75) is 179 Å². The maximum Gasteiger partial charge on any atom is 0.509 e. The highest BCUT2D eigenvalue weighted by atomic mass is 32.2. The second-order valence-electron chi connectivity index (χ2n) is 17.2. The van der Waals surface area contributed by atoms with Crippen LogP contribution in [-0.2, 0) is 18.9 Å². The molecule has 8 unspecified atom stereocenters. The Balaban J connectivity index is 2.04. The predicted molar refractivity (Wildman–Crippen MR) is 198 cm³/mol. The van der Waals surface area contributed by atoms with E-state index < -0.39 is 70.1 Å². The Hall–Kier alpha value is -2.54. The van der Waals surface area contributed by atoms with Gasteiger partial charge in [0.05, 0.1) is 18.3 Å². The lowest BCUT2D eigenvalue weighted by molar-refractivity contribution is -0.0230. The summed E-state index contributed by atoms with van der Waals surface area (Å²) in [5.41, 5.74) is 0.269. The molecule has 51 heavy (non-hydrogen) atoms. The summed E-state index contributed by atoms with van der Waals surface area (Å²) in [6.45, 7) is 16.7. The molecule has 290 valence electrons. The number of hydrogen-bond donors (Lipinski definition) is 4. The van der Waals surface area contributed by atoms with Gasteiger partial charge < -0.3 is 39.6 Å². The third-order valence-electron chi connectivity index (χ3n) is 8.82. The maximum absolute atomic E-state index is 13.5. The van der Waals surface area contributed by atoms with Crippen LogP contribution in [-0.4, -0.2) is 85.4 Å². The summed E-state index contributed by atoms with van der Waals surface area (Å²) in [7, 11) is 0. The summed E-state index contributed by atoms with van der Waals surface area (Å²) in [5.74, 6) is -0.746. The number of thioether (sulfide) groups is 1. The summed E-state index contributed by atoms with van der Waals surface area (Å²) in [4.78, 5) is 39.3. The van der Waals surface area contributed by atoms with Crippen molar-refractivity contribution in [2.75, 3.05) is 0 Å². The van der Waals surface area contributed by atoms with Gasteiger partial charge in [-0.1, -0.05) is 39.0 Å². The van der Waals surface area contributed by atoms with E-state index in [0.717, 1.165) is 22.9 Å². The molecule has 4 N–H and O–H groups in total. The van der Waals surface area contributed by atoms with Gasteiger partial charge in [0.2, 0.25) is 0 Å². The zero-order valence-electron chi connectivity index (χ0n) is 32.1. The van der Waals surface area contributed by atoms with Crippen LogP contribution in [0.3, 0.4) is 0 Å². The van der Waals surface area contributed by atoms with Crippen LogP contribution in [0.5, 0.6) is 0 Å². The molecule has 12 heteroatoms. The molecule has 3 rings (SSSR count).